The Morgan fingerprint density at radius 3 is 2.69 bits per heavy atom. The molecule has 2 aliphatic heterocycles. The molecule has 4 amide bonds. The predicted octanol–water partition coefficient (Wildman–Crippen LogP) is 5.89. The Morgan fingerprint density at radius 1 is 1.12 bits per heavy atom. The first kappa shape index (κ1) is 30.8. The van der Waals surface area contributed by atoms with Gasteiger partial charge in [0.25, 0.3) is 0 Å². The molecule has 6 atom stereocenters. The monoisotopic (exact) mass is 684 g/mol. The summed E-state index contributed by atoms with van der Waals surface area (Å²) in [4.78, 5) is 57.6. The van der Waals surface area contributed by atoms with Crippen molar-refractivity contribution in [2.24, 2.45) is 36.1 Å². The maximum atomic E-state index is 14.9. The Bertz CT molecular complexity index is 2140. The molecule has 48 heavy (non-hydrogen) atoms. The number of halogens is 1. The normalized spacial score (nSPS) is 28.0. The number of ether oxygens (including phenoxy) is 1. The molecule has 2 N–H and O–H groups in total. The minimum atomic E-state index is -1.32. The van der Waals surface area contributed by atoms with E-state index in [2.05, 4.69) is 5.32 Å². The fourth-order valence-electron chi connectivity index (χ4n) is 8.75. The molecule has 10 nitrogen and oxygen atoms in total. The Hall–Kier alpha value is -4.48. The minimum absolute atomic E-state index is 0.109. The van der Waals surface area contributed by atoms with E-state index in [-0.39, 0.29) is 29.7 Å². The van der Waals surface area contributed by atoms with Crippen LogP contribution in [0.15, 0.2) is 54.1 Å². The Kier molecular flexibility index (Phi) is 6.91. The summed E-state index contributed by atoms with van der Waals surface area (Å²) >= 11 is 7.85. The van der Waals surface area contributed by atoms with Crippen LogP contribution in [0.1, 0.15) is 43.7 Å². The van der Waals surface area contributed by atoms with Crippen molar-refractivity contribution >= 4 is 62.5 Å². The van der Waals surface area contributed by atoms with E-state index in [4.69, 9.17) is 21.4 Å². The molecule has 0 radical (unpaired) electrons. The van der Waals surface area contributed by atoms with Gasteiger partial charge in [0, 0.05) is 34.3 Å². The Labute approximate surface area is 285 Å². The third kappa shape index (κ3) is 4.13. The number of aromatic hydroxyl groups is 1. The highest BCUT2D eigenvalue weighted by Crippen LogP contribution is 2.64. The molecular formula is C36H33ClN4O6S. The standard InChI is InChI=1S/C36H33ClN4O6S/c1-5-47-25-8-6-7-20(30(25)42)29-18-10-11-19-28(33(44)38-32(19)43)22(18)14-23-34(45)41(35(46)36(23,29)3)27-15-24(39-40(27)4)31-16(2)21-13-17(37)9-12-26(21)48-31/h6-10,12-13,15,19,22-23,28-29,42H,5,11,14H2,1-4H3,(H,38,43,44)/t19-,22+,23-,28-,29+,36+/m0/s1. The molecule has 12 heteroatoms. The quantitative estimate of drug-likeness (QED) is 0.198. The fourth-order valence-corrected chi connectivity index (χ4v) is 10.1. The Balaban J connectivity index is 1.27. The summed E-state index contributed by atoms with van der Waals surface area (Å²) in [5.41, 5.74) is 1.55. The molecule has 2 aliphatic carbocycles. The number of nitrogens with zero attached hydrogens (tertiary/aromatic N) is 3. The smallest absolute Gasteiger partial charge is 0.242 e. The van der Waals surface area contributed by atoms with Crippen LogP contribution >= 0.6 is 22.9 Å². The van der Waals surface area contributed by atoms with E-state index in [0.29, 0.717) is 35.1 Å². The van der Waals surface area contributed by atoms with Crippen molar-refractivity contribution in [3.05, 3.63) is 70.3 Å². The second-order valence-electron chi connectivity index (χ2n) is 13.3. The van der Waals surface area contributed by atoms with E-state index >= 15 is 0 Å². The zero-order valence-electron chi connectivity index (χ0n) is 26.7. The van der Waals surface area contributed by atoms with Crippen molar-refractivity contribution in [2.75, 3.05) is 11.5 Å². The number of imide groups is 2. The van der Waals surface area contributed by atoms with Crippen molar-refractivity contribution < 1.29 is 29.0 Å². The number of rotatable bonds is 5. The van der Waals surface area contributed by atoms with Gasteiger partial charge in [-0.15, -0.1) is 11.3 Å². The lowest BCUT2D eigenvalue weighted by molar-refractivity contribution is -0.131. The van der Waals surface area contributed by atoms with E-state index in [9.17, 15) is 24.3 Å². The first-order valence-electron chi connectivity index (χ1n) is 16.1. The molecule has 2 aromatic carbocycles. The lowest BCUT2D eigenvalue weighted by Gasteiger charge is -2.49. The molecule has 3 fully saturated rings. The van der Waals surface area contributed by atoms with Gasteiger partial charge in [0.2, 0.25) is 23.6 Å². The number of amides is 4. The van der Waals surface area contributed by atoms with Gasteiger partial charge in [0.1, 0.15) is 11.5 Å². The number of carbonyl (C=O) groups is 4. The molecule has 0 unspecified atom stereocenters. The van der Waals surface area contributed by atoms with E-state index < -0.39 is 46.8 Å². The lowest BCUT2D eigenvalue weighted by Crippen LogP contribution is -2.48. The summed E-state index contributed by atoms with van der Waals surface area (Å²) < 4.78 is 8.33. The van der Waals surface area contributed by atoms with E-state index in [1.54, 1.807) is 54.3 Å². The second kappa shape index (κ2) is 10.8. The predicted molar refractivity (Wildman–Crippen MR) is 181 cm³/mol. The summed E-state index contributed by atoms with van der Waals surface area (Å²) in [5, 5.41) is 20.5. The number of anilines is 1. The van der Waals surface area contributed by atoms with Crippen LogP contribution in [0.5, 0.6) is 11.5 Å². The molecular weight excluding hydrogens is 652 g/mol. The average molecular weight is 685 g/mol. The van der Waals surface area contributed by atoms with Crippen LogP contribution in [0, 0.1) is 36.0 Å². The number of aromatic nitrogens is 2. The highest BCUT2D eigenvalue weighted by Gasteiger charge is 2.67. The number of aryl methyl sites for hydroxylation is 2. The number of carbonyl (C=O) groups excluding carboxylic acids is 4. The van der Waals surface area contributed by atoms with Crippen LogP contribution in [0.2, 0.25) is 5.02 Å². The number of fused-ring (bicyclic) bond motifs is 5. The molecule has 4 aromatic rings. The van der Waals surface area contributed by atoms with Crippen LogP contribution in [-0.4, -0.2) is 45.1 Å². The number of hydrogen-bond acceptors (Lipinski definition) is 8. The Morgan fingerprint density at radius 2 is 1.92 bits per heavy atom. The number of phenols is 1. The summed E-state index contributed by atoms with van der Waals surface area (Å²) in [6.07, 6.45) is 2.49. The SMILES string of the molecule is CCOc1cccc([C@H]2C3=CC[C@@H]4C(=O)NC(=O)[C@@H]4[C@@H]3C[C@H]3C(=O)N(c4cc(-c5sc6ccc(Cl)cc6c5C)nn4C)C(=O)[C@@]23C)c1O. The van der Waals surface area contributed by atoms with Crippen molar-refractivity contribution in [2.45, 2.75) is 39.5 Å². The van der Waals surface area contributed by atoms with Crippen molar-refractivity contribution in [1.82, 2.24) is 15.1 Å². The van der Waals surface area contributed by atoms with Gasteiger partial charge in [0.05, 0.1) is 34.7 Å². The largest absolute Gasteiger partial charge is 0.504 e. The van der Waals surface area contributed by atoms with Crippen LogP contribution in [0.4, 0.5) is 5.82 Å². The highest BCUT2D eigenvalue weighted by atomic mass is 35.5. The first-order chi connectivity index (χ1) is 22.9. The van der Waals surface area contributed by atoms with Crippen molar-refractivity contribution in [3.8, 4) is 22.1 Å². The molecule has 246 valence electrons. The zero-order chi connectivity index (χ0) is 33.8. The van der Waals surface area contributed by atoms with Gasteiger partial charge in [0.15, 0.2) is 11.5 Å². The zero-order valence-corrected chi connectivity index (χ0v) is 28.3. The summed E-state index contributed by atoms with van der Waals surface area (Å²) in [6, 6.07) is 12.7. The molecule has 2 aromatic heterocycles. The summed E-state index contributed by atoms with van der Waals surface area (Å²) in [6.45, 7) is 5.92. The maximum absolute atomic E-state index is 14.9. The van der Waals surface area contributed by atoms with Crippen LogP contribution in [0.3, 0.4) is 0 Å². The van der Waals surface area contributed by atoms with E-state index in [1.807, 2.05) is 38.1 Å². The van der Waals surface area contributed by atoms with Gasteiger partial charge < -0.3 is 9.84 Å². The number of hydrogen-bond donors (Lipinski definition) is 2. The van der Waals surface area contributed by atoms with Crippen LogP contribution in [-0.2, 0) is 26.2 Å². The third-order valence-corrected chi connectivity index (χ3v) is 12.5. The molecule has 4 heterocycles. The average Bonchev–Trinajstić information content (AvgIpc) is 3.73. The van der Waals surface area contributed by atoms with Gasteiger partial charge in [-0.05, 0) is 74.7 Å². The van der Waals surface area contributed by atoms with Gasteiger partial charge >= 0.3 is 0 Å². The third-order valence-electron chi connectivity index (χ3n) is 11.0. The molecule has 4 aliphatic rings. The molecule has 0 bridgehead atoms. The summed E-state index contributed by atoms with van der Waals surface area (Å²) in [7, 11) is 1.71. The van der Waals surface area contributed by atoms with E-state index in [0.717, 1.165) is 26.1 Å². The number of benzene rings is 2. The van der Waals surface area contributed by atoms with Gasteiger partial charge in [-0.25, -0.2) is 4.90 Å². The molecule has 1 saturated carbocycles. The second-order valence-corrected chi connectivity index (χ2v) is 14.8. The molecule has 8 rings (SSSR count). The number of allylic oxidation sites excluding steroid dienone is 2. The van der Waals surface area contributed by atoms with Gasteiger partial charge in [-0.2, -0.15) is 5.10 Å². The lowest BCUT2D eigenvalue weighted by atomic mass is 9.51. The van der Waals surface area contributed by atoms with Crippen molar-refractivity contribution in [1.29, 1.82) is 0 Å². The number of nitrogens with one attached hydrogen (secondary N) is 1. The van der Waals surface area contributed by atoms with Gasteiger partial charge in [-0.1, -0.05) is 35.4 Å². The topological polar surface area (TPSA) is 131 Å². The minimum Gasteiger partial charge on any atom is -0.504 e. The molecule has 2 saturated heterocycles. The fraction of sp³-hybridized carbons (Fsp3) is 0.361. The first-order valence-corrected chi connectivity index (χ1v) is 17.3. The van der Waals surface area contributed by atoms with Crippen molar-refractivity contribution in [3.63, 3.8) is 0 Å². The number of thiophene rings is 1. The van der Waals surface area contributed by atoms with Crippen LogP contribution in [0.25, 0.3) is 20.7 Å². The number of phenolic OH excluding ortho intramolecular Hbond substituents is 1. The maximum Gasteiger partial charge on any atom is 0.242 e. The van der Waals surface area contributed by atoms with E-state index in [1.165, 1.54) is 4.90 Å². The number of para-hydroxylation sites is 1. The summed E-state index contributed by atoms with van der Waals surface area (Å²) in [5.74, 6) is -4.25. The van der Waals surface area contributed by atoms with Crippen LogP contribution < -0.4 is 15.0 Å². The highest BCUT2D eigenvalue weighted by molar-refractivity contribution is 7.22. The van der Waals surface area contributed by atoms with Gasteiger partial charge in [-0.3, -0.25) is 29.2 Å². The molecule has 0 spiro atoms.